The molecule has 2 N–H and O–H groups in total. The Hall–Kier alpha value is -2.61. The molecule has 0 saturated carbocycles. The molecule has 0 bridgehead atoms. The van der Waals surface area contributed by atoms with Gasteiger partial charge in [-0.15, -0.1) is 0 Å². The van der Waals surface area contributed by atoms with Crippen LogP contribution >= 0.6 is 12.2 Å². The normalized spacial score (nSPS) is 10.9. The number of halogens is 3. The minimum Gasteiger partial charge on any atom is -0.462 e. The van der Waals surface area contributed by atoms with Crippen LogP contribution in [-0.4, -0.2) is 17.7 Å². The zero-order chi connectivity index (χ0) is 19.2. The lowest BCUT2D eigenvalue weighted by Crippen LogP contribution is -2.21. The van der Waals surface area contributed by atoms with Crippen LogP contribution in [0.15, 0.2) is 48.5 Å². The third kappa shape index (κ3) is 5.45. The number of alkyl halides is 3. The number of hydrogen-bond acceptors (Lipinski definition) is 3. The van der Waals surface area contributed by atoms with E-state index in [1.54, 1.807) is 24.3 Å². The van der Waals surface area contributed by atoms with E-state index in [4.69, 9.17) is 17.0 Å². The molecule has 0 aliphatic carbocycles. The van der Waals surface area contributed by atoms with E-state index in [2.05, 4.69) is 10.6 Å². The van der Waals surface area contributed by atoms with Crippen molar-refractivity contribution in [2.45, 2.75) is 19.5 Å². The maximum atomic E-state index is 13.0. The smallest absolute Gasteiger partial charge is 0.418 e. The summed E-state index contributed by atoms with van der Waals surface area (Å²) in [6, 6.07) is 11.3. The van der Waals surface area contributed by atoms with Gasteiger partial charge in [-0.05, 0) is 55.0 Å². The van der Waals surface area contributed by atoms with E-state index in [9.17, 15) is 18.0 Å². The van der Waals surface area contributed by atoms with Crippen molar-refractivity contribution in [1.82, 2.24) is 0 Å². The van der Waals surface area contributed by atoms with Gasteiger partial charge >= 0.3 is 12.1 Å². The molecular weight excluding hydrogens is 365 g/mol. The molecule has 0 amide bonds. The molecule has 0 saturated heterocycles. The fraction of sp³-hybridized carbons (Fsp3) is 0.222. The molecule has 4 nitrogen and oxygen atoms in total. The first-order valence-corrected chi connectivity index (χ1v) is 8.23. The fourth-order valence-corrected chi connectivity index (χ4v) is 2.32. The van der Waals surface area contributed by atoms with Gasteiger partial charge in [0.2, 0.25) is 0 Å². The predicted octanol–water partition coefficient (Wildman–Crippen LogP) is 5.08. The number of hydrogen-bond donors (Lipinski definition) is 2. The molecule has 0 radical (unpaired) electrons. The Balaban J connectivity index is 2.02. The number of nitrogens with one attached hydrogen (secondary N) is 2. The van der Waals surface area contributed by atoms with Crippen molar-refractivity contribution in [3.05, 3.63) is 59.7 Å². The van der Waals surface area contributed by atoms with E-state index >= 15 is 0 Å². The number of carbonyl (C=O) groups excluding carboxylic acids is 1. The van der Waals surface area contributed by atoms with Crippen LogP contribution in [0.2, 0.25) is 0 Å². The Labute approximate surface area is 154 Å². The van der Waals surface area contributed by atoms with Crippen LogP contribution in [0.5, 0.6) is 0 Å². The first kappa shape index (κ1) is 19.7. The largest absolute Gasteiger partial charge is 0.462 e. The molecule has 2 rings (SSSR count). The Morgan fingerprint density at radius 2 is 1.73 bits per heavy atom. The van der Waals surface area contributed by atoms with Gasteiger partial charge in [0.15, 0.2) is 5.11 Å². The second-order valence-corrected chi connectivity index (χ2v) is 5.74. The average molecular weight is 382 g/mol. The zero-order valence-electron chi connectivity index (χ0n) is 13.9. The second kappa shape index (κ2) is 8.66. The van der Waals surface area contributed by atoms with Crippen molar-refractivity contribution in [1.29, 1.82) is 0 Å². The highest BCUT2D eigenvalue weighted by molar-refractivity contribution is 7.80. The molecular formula is C18H17F3N2O2S. The molecule has 0 fully saturated rings. The summed E-state index contributed by atoms with van der Waals surface area (Å²) in [6.45, 7) is 2.23. The van der Waals surface area contributed by atoms with Crippen molar-refractivity contribution in [3.63, 3.8) is 0 Å². The number of thiocarbonyl (C=S) groups is 1. The molecule has 0 heterocycles. The minimum absolute atomic E-state index is 0.00279. The molecule has 2 aromatic rings. The van der Waals surface area contributed by atoms with Gasteiger partial charge in [-0.3, -0.25) is 0 Å². The molecule has 138 valence electrons. The summed E-state index contributed by atoms with van der Waals surface area (Å²) in [7, 11) is 0. The summed E-state index contributed by atoms with van der Waals surface area (Å²) in [5, 5.41) is 5.32. The van der Waals surface area contributed by atoms with Gasteiger partial charge in [0.05, 0.1) is 23.4 Å². The lowest BCUT2D eigenvalue weighted by atomic mass is 10.1. The molecule has 0 aliphatic heterocycles. The number of carbonyl (C=O) groups is 1. The SMILES string of the molecule is CCCOC(=O)c1ccc(NC(=S)Nc2ccccc2C(F)(F)F)cc1. The third-order valence-electron chi connectivity index (χ3n) is 3.30. The monoisotopic (exact) mass is 382 g/mol. The van der Waals surface area contributed by atoms with Crippen LogP contribution in [0.1, 0.15) is 29.3 Å². The summed E-state index contributed by atoms with van der Waals surface area (Å²) in [5.41, 5.74) is -0.0419. The van der Waals surface area contributed by atoms with Crippen LogP contribution in [0.25, 0.3) is 0 Å². The first-order valence-electron chi connectivity index (χ1n) is 7.82. The van der Waals surface area contributed by atoms with Crippen LogP contribution in [0, 0.1) is 0 Å². The molecule has 0 aliphatic rings. The highest BCUT2D eigenvalue weighted by atomic mass is 32.1. The number of anilines is 2. The minimum atomic E-state index is -4.49. The number of ether oxygens (including phenoxy) is 1. The number of benzene rings is 2. The van der Waals surface area contributed by atoms with E-state index in [0.29, 0.717) is 17.9 Å². The Kier molecular flexibility index (Phi) is 6.57. The molecule has 0 atom stereocenters. The Morgan fingerprint density at radius 1 is 1.08 bits per heavy atom. The maximum Gasteiger partial charge on any atom is 0.418 e. The van der Waals surface area contributed by atoms with Gasteiger partial charge in [-0.1, -0.05) is 19.1 Å². The highest BCUT2D eigenvalue weighted by Crippen LogP contribution is 2.34. The van der Waals surface area contributed by atoms with Crippen LogP contribution < -0.4 is 10.6 Å². The van der Waals surface area contributed by atoms with Gasteiger partial charge in [0.1, 0.15) is 0 Å². The molecule has 0 unspecified atom stereocenters. The van der Waals surface area contributed by atoms with Crippen molar-refractivity contribution in [3.8, 4) is 0 Å². The molecule has 0 aromatic heterocycles. The maximum absolute atomic E-state index is 13.0. The van der Waals surface area contributed by atoms with Gasteiger partial charge in [-0.2, -0.15) is 13.2 Å². The standard InChI is InChI=1S/C18H17F3N2O2S/c1-2-11-25-16(24)12-7-9-13(10-8-12)22-17(26)23-15-6-4-3-5-14(15)18(19,20)21/h3-10H,2,11H2,1H3,(H2,22,23,26). The summed E-state index contributed by atoms with van der Waals surface area (Å²) in [5.74, 6) is -0.432. The molecule has 26 heavy (non-hydrogen) atoms. The van der Waals surface area contributed by atoms with E-state index in [1.165, 1.54) is 18.2 Å². The summed E-state index contributed by atoms with van der Waals surface area (Å²) in [6.07, 6.45) is -3.76. The predicted molar refractivity (Wildman–Crippen MR) is 98.3 cm³/mol. The third-order valence-corrected chi connectivity index (χ3v) is 3.50. The van der Waals surface area contributed by atoms with E-state index < -0.39 is 17.7 Å². The first-order chi connectivity index (χ1) is 12.3. The quantitative estimate of drug-likeness (QED) is 0.558. The van der Waals surface area contributed by atoms with Crippen molar-refractivity contribution in [2.24, 2.45) is 0 Å². The Bertz CT molecular complexity index is 777. The topological polar surface area (TPSA) is 50.4 Å². The summed E-state index contributed by atoms with van der Waals surface area (Å²) >= 11 is 5.06. The number of rotatable bonds is 5. The molecule has 0 spiro atoms. The van der Waals surface area contributed by atoms with E-state index in [0.717, 1.165) is 12.5 Å². The number of para-hydroxylation sites is 1. The van der Waals surface area contributed by atoms with Crippen LogP contribution in [0.4, 0.5) is 24.5 Å². The van der Waals surface area contributed by atoms with Crippen LogP contribution in [0.3, 0.4) is 0 Å². The lowest BCUT2D eigenvalue weighted by Gasteiger charge is -2.15. The lowest BCUT2D eigenvalue weighted by molar-refractivity contribution is -0.136. The van der Waals surface area contributed by atoms with Gasteiger partial charge < -0.3 is 15.4 Å². The van der Waals surface area contributed by atoms with Gasteiger partial charge in [0.25, 0.3) is 0 Å². The Morgan fingerprint density at radius 3 is 2.35 bits per heavy atom. The molecule has 2 aromatic carbocycles. The van der Waals surface area contributed by atoms with Gasteiger partial charge in [0, 0.05) is 5.69 Å². The average Bonchev–Trinajstić information content (AvgIpc) is 2.59. The second-order valence-electron chi connectivity index (χ2n) is 5.34. The molecule has 8 heteroatoms. The highest BCUT2D eigenvalue weighted by Gasteiger charge is 2.33. The van der Waals surface area contributed by atoms with E-state index in [-0.39, 0.29) is 10.8 Å². The van der Waals surface area contributed by atoms with E-state index in [1.807, 2.05) is 6.92 Å². The fourth-order valence-electron chi connectivity index (χ4n) is 2.09. The van der Waals surface area contributed by atoms with Crippen molar-refractivity contribution in [2.75, 3.05) is 17.2 Å². The summed E-state index contributed by atoms with van der Waals surface area (Å²) < 4.78 is 44.0. The van der Waals surface area contributed by atoms with Gasteiger partial charge in [-0.25, -0.2) is 4.79 Å². The van der Waals surface area contributed by atoms with Crippen molar-refractivity contribution >= 4 is 34.7 Å². The number of esters is 1. The van der Waals surface area contributed by atoms with Crippen LogP contribution in [-0.2, 0) is 10.9 Å². The van der Waals surface area contributed by atoms with Crippen molar-refractivity contribution < 1.29 is 22.7 Å². The summed E-state index contributed by atoms with van der Waals surface area (Å²) in [4.78, 5) is 11.7. The zero-order valence-corrected chi connectivity index (χ0v) is 14.7.